The summed E-state index contributed by atoms with van der Waals surface area (Å²) in [5.74, 6) is 0.296. The number of para-hydroxylation sites is 3. The van der Waals surface area contributed by atoms with Crippen molar-refractivity contribution < 1.29 is 9.90 Å². The lowest BCUT2D eigenvalue weighted by Gasteiger charge is -2.40. The largest absolute Gasteiger partial charge is 0.506 e. The van der Waals surface area contributed by atoms with Crippen molar-refractivity contribution >= 4 is 17.3 Å². The molecule has 2 aromatic rings. The van der Waals surface area contributed by atoms with Gasteiger partial charge in [0.15, 0.2) is 0 Å². The van der Waals surface area contributed by atoms with E-state index in [1.165, 1.54) is 0 Å². The molecule has 1 aliphatic heterocycles. The Hall–Kier alpha value is -3.04. The third kappa shape index (κ3) is 4.44. The average Bonchev–Trinajstić information content (AvgIpc) is 2.74. The smallest absolute Gasteiger partial charge is 0.244 e. The fourth-order valence-electron chi connectivity index (χ4n) is 3.60. The summed E-state index contributed by atoms with van der Waals surface area (Å²) >= 11 is 0. The van der Waals surface area contributed by atoms with E-state index in [-0.39, 0.29) is 17.7 Å². The normalized spacial score (nSPS) is 15.6. The number of carbonyl (C=O) groups is 1. The first-order valence-electron chi connectivity index (χ1n) is 9.62. The molecule has 0 bridgehead atoms. The first-order chi connectivity index (χ1) is 13.6. The van der Waals surface area contributed by atoms with Crippen LogP contribution in [0.3, 0.4) is 0 Å². The Bertz CT molecular complexity index is 826. The van der Waals surface area contributed by atoms with Crippen LogP contribution in [-0.2, 0) is 4.79 Å². The van der Waals surface area contributed by atoms with Crippen LogP contribution in [0.2, 0.25) is 0 Å². The van der Waals surface area contributed by atoms with Crippen LogP contribution in [-0.4, -0.2) is 54.7 Å². The molecule has 1 unspecified atom stereocenters. The molecular formula is C22H26N4O2. The van der Waals surface area contributed by atoms with E-state index in [2.05, 4.69) is 15.9 Å². The second kappa shape index (κ2) is 9.25. The molecule has 1 amide bonds. The van der Waals surface area contributed by atoms with Crippen LogP contribution in [0.5, 0.6) is 5.75 Å². The number of nitriles is 1. The number of phenolic OH excluding ortho intramolecular Hbond substituents is 1. The van der Waals surface area contributed by atoms with E-state index in [0.717, 1.165) is 37.6 Å². The highest BCUT2D eigenvalue weighted by atomic mass is 16.3. The number of hydrogen-bond donors (Lipinski definition) is 1. The molecule has 0 aliphatic carbocycles. The maximum atomic E-state index is 13.2. The first-order valence-corrected chi connectivity index (χ1v) is 9.62. The molecule has 6 heteroatoms. The van der Waals surface area contributed by atoms with Crippen molar-refractivity contribution in [2.45, 2.75) is 19.4 Å². The molecule has 0 radical (unpaired) electrons. The Morgan fingerprint density at radius 1 is 1.11 bits per heavy atom. The lowest BCUT2D eigenvalue weighted by atomic mass is 10.1. The van der Waals surface area contributed by atoms with Gasteiger partial charge in [0.05, 0.1) is 24.2 Å². The summed E-state index contributed by atoms with van der Waals surface area (Å²) in [5, 5.41) is 19.0. The molecule has 1 heterocycles. The molecule has 0 spiro atoms. The van der Waals surface area contributed by atoms with E-state index in [1.54, 1.807) is 11.0 Å². The average molecular weight is 378 g/mol. The van der Waals surface area contributed by atoms with Crippen molar-refractivity contribution in [3.8, 4) is 11.8 Å². The molecule has 3 rings (SSSR count). The minimum atomic E-state index is -0.273. The number of carbonyl (C=O) groups excluding carboxylic acids is 1. The number of hydrogen-bond acceptors (Lipinski definition) is 5. The van der Waals surface area contributed by atoms with Crippen LogP contribution in [0.4, 0.5) is 11.4 Å². The van der Waals surface area contributed by atoms with Gasteiger partial charge >= 0.3 is 0 Å². The van der Waals surface area contributed by atoms with Gasteiger partial charge in [-0.3, -0.25) is 9.69 Å². The zero-order valence-corrected chi connectivity index (χ0v) is 16.2. The van der Waals surface area contributed by atoms with Gasteiger partial charge in [-0.05, 0) is 31.2 Å². The Morgan fingerprint density at radius 3 is 2.39 bits per heavy atom. The van der Waals surface area contributed by atoms with Crippen LogP contribution in [0.15, 0.2) is 54.6 Å². The highest BCUT2D eigenvalue weighted by Crippen LogP contribution is 2.27. The standard InChI is InChI=1S/C22H26N4O2/c1-18(22(28)26(13-7-12-23)19-8-3-2-4-9-19)24-14-16-25(17-15-24)20-10-5-6-11-21(20)27/h2-6,8-11,18,27H,7,13-17H2,1H3. The minimum absolute atomic E-state index is 0.0115. The SMILES string of the molecule is CC(C(=O)N(CCC#N)c1ccccc1)N1CCN(c2ccccc2O)CC1. The van der Waals surface area contributed by atoms with Crippen molar-refractivity contribution in [1.82, 2.24) is 4.90 Å². The van der Waals surface area contributed by atoms with Crippen LogP contribution in [0, 0.1) is 11.3 Å². The molecule has 0 aromatic heterocycles. The van der Waals surface area contributed by atoms with Crippen LogP contribution < -0.4 is 9.80 Å². The number of rotatable bonds is 6. The van der Waals surface area contributed by atoms with E-state index in [0.29, 0.717) is 13.0 Å². The van der Waals surface area contributed by atoms with Gasteiger partial charge in [-0.1, -0.05) is 30.3 Å². The molecule has 1 fully saturated rings. The quantitative estimate of drug-likeness (QED) is 0.837. The second-order valence-corrected chi connectivity index (χ2v) is 6.92. The van der Waals surface area contributed by atoms with Gasteiger partial charge in [-0.2, -0.15) is 5.26 Å². The topological polar surface area (TPSA) is 70.8 Å². The van der Waals surface area contributed by atoms with Crippen molar-refractivity contribution in [3.63, 3.8) is 0 Å². The molecule has 1 N–H and O–H groups in total. The molecule has 28 heavy (non-hydrogen) atoms. The molecule has 6 nitrogen and oxygen atoms in total. The number of anilines is 2. The van der Waals surface area contributed by atoms with Crippen LogP contribution in [0.1, 0.15) is 13.3 Å². The number of benzene rings is 2. The van der Waals surface area contributed by atoms with Gasteiger partial charge in [0.2, 0.25) is 5.91 Å². The van der Waals surface area contributed by atoms with Gasteiger partial charge in [0.1, 0.15) is 5.75 Å². The summed E-state index contributed by atoms with van der Waals surface area (Å²) in [6.07, 6.45) is 0.300. The summed E-state index contributed by atoms with van der Waals surface area (Å²) in [4.78, 5) is 19.2. The van der Waals surface area contributed by atoms with Crippen LogP contribution in [0.25, 0.3) is 0 Å². The predicted octanol–water partition coefficient (Wildman–Crippen LogP) is 2.85. The summed E-state index contributed by atoms with van der Waals surface area (Å²) < 4.78 is 0. The van der Waals surface area contributed by atoms with E-state index >= 15 is 0 Å². The van der Waals surface area contributed by atoms with Crippen molar-refractivity contribution in [1.29, 1.82) is 5.26 Å². The van der Waals surface area contributed by atoms with Crippen molar-refractivity contribution in [3.05, 3.63) is 54.6 Å². The summed E-state index contributed by atoms with van der Waals surface area (Å²) in [5.41, 5.74) is 1.66. The van der Waals surface area contributed by atoms with E-state index in [9.17, 15) is 9.90 Å². The predicted molar refractivity (Wildman–Crippen MR) is 110 cm³/mol. The van der Waals surface area contributed by atoms with E-state index < -0.39 is 0 Å². The highest BCUT2D eigenvalue weighted by molar-refractivity contribution is 5.97. The number of nitrogens with zero attached hydrogens (tertiary/aromatic N) is 4. The highest BCUT2D eigenvalue weighted by Gasteiger charge is 2.29. The fraction of sp³-hybridized carbons (Fsp3) is 0.364. The summed E-state index contributed by atoms with van der Waals surface area (Å²) in [7, 11) is 0. The fourth-order valence-corrected chi connectivity index (χ4v) is 3.60. The van der Waals surface area contributed by atoms with Gasteiger partial charge in [-0.25, -0.2) is 0 Å². The summed E-state index contributed by atoms with van der Waals surface area (Å²) in [6, 6.07) is 18.7. The molecule has 0 saturated carbocycles. The van der Waals surface area contributed by atoms with Gasteiger partial charge < -0.3 is 14.9 Å². The van der Waals surface area contributed by atoms with Gasteiger partial charge in [-0.15, -0.1) is 0 Å². The molecule has 146 valence electrons. The lowest BCUT2D eigenvalue weighted by molar-refractivity contribution is -0.123. The van der Waals surface area contributed by atoms with Gasteiger partial charge in [0.25, 0.3) is 0 Å². The molecule has 1 saturated heterocycles. The molecule has 1 atom stereocenters. The molecule has 1 aliphatic rings. The summed E-state index contributed by atoms with van der Waals surface area (Å²) in [6.45, 7) is 5.30. The number of aromatic hydroxyl groups is 1. The minimum Gasteiger partial charge on any atom is -0.506 e. The van der Waals surface area contributed by atoms with E-state index in [1.807, 2.05) is 55.5 Å². The Kier molecular flexibility index (Phi) is 6.51. The Morgan fingerprint density at radius 2 is 1.75 bits per heavy atom. The molecule has 2 aromatic carbocycles. The maximum Gasteiger partial charge on any atom is 0.244 e. The zero-order valence-electron chi connectivity index (χ0n) is 16.2. The molecular weight excluding hydrogens is 352 g/mol. The number of amides is 1. The monoisotopic (exact) mass is 378 g/mol. The first kappa shape index (κ1) is 19.7. The third-order valence-electron chi connectivity index (χ3n) is 5.22. The number of phenols is 1. The van der Waals surface area contributed by atoms with Gasteiger partial charge in [0, 0.05) is 38.4 Å². The third-order valence-corrected chi connectivity index (χ3v) is 5.22. The van der Waals surface area contributed by atoms with E-state index in [4.69, 9.17) is 5.26 Å². The van der Waals surface area contributed by atoms with Crippen molar-refractivity contribution in [2.24, 2.45) is 0 Å². The lowest BCUT2D eigenvalue weighted by Crippen LogP contribution is -2.55. The van der Waals surface area contributed by atoms with Crippen LogP contribution >= 0.6 is 0 Å². The Labute approximate surface area is 166 Å². The number of piperazine rings is 1. The zero-order chi connectivity index (χ0) is 19.9. The van der Waals surface area contributed by atoms with Crippen molar-refractivity contribution in [2.75, 3.05) is 42.5 Å². The maximum absolute atomic E-state index is 13.2. The Balaban J connectivity index is 1.66. The second-order valence-electron chi connectivity index (χ2n) is 6.92.